The molecule has 1 atom stereocenters. The zero-order valence-corrected chi connectivity index (χ0v) is 23.1. The average molecular weight is 578 g/mol. The second kappa shape index (κ2) is 12.4. The summed E-state index contributed by atoms with van der Waals surface area (Å²) in [5.74, 6) is 0.264. The van der Waals surface area contributed by atoms with Crippen LogP contribution in [0.2, 0.25) is 0 Å². The summed E-state index contributed by atoms with van der Waals surface area (Å²) < 4.78 is 28.7. The van der Waals surface area contributed by atoms with Crippen molar-refractivity contribution in [2.24, 2.45) is 0 Å². The molecule has 2 N–H and O–H groups in total. The SMILES string of the molecule is CCOC(=O)Cc1ccccc1OCc1c(C(O)OC(C)(C)C)oc2c(NC(=O)OCC)cc(Br)cc12. The number of benzene rings is 2. The molecule has 3 rings (SSSR count). The molecule has 1 heterocycles. The Morgan fingerprint density at radius 2 is 1.81 bits per heavy atom. The normalized spacial score (nSPS) is 12.3. The topological polar surface area (TPSA) is 116 Å². The Morgan fingerprint density at radius 1 is 1.11 bits per heavy atom. The third-order valence-corrected chi connectivity index (χ3v) is 5.53. The zero-order valence-electron chi connectivity index (χ0n) is 21.6. The molecule has 37 heavy (non-hydrogen) atoms. The van der Waals surface area contributed by atoms with Gasteiger partial charge in [-0.05, 0) is 52.8 Å². The van der Waals surface area contributed by atoms with Gasteiger partial charge in [-0.2, -0.15) is 0 Å². The summed E-state index contributed by atoms with van der Waals surface area (Å²) in [6.07, 6.45) is -2.00. The van der Waals surface area contributed by atoms with Crippen LogP contribution in [0.4, 0.5) is 10.5 Å². The number of carbonyl (C=O) groups is 2. The molecule has 3 aromatic rings. The summed E-state index contributed by atoms with van der Waals surface area (Å²) in [5, 5.41) is 14.2. The minimum atomic E-state index is -1.41. The first-order valence-electron chi connectivity index (χ1n) is 11.9. The highest BCUT2D eigenvalue weighted by atomic mass is 79.9. The Bertz CT molecular complexity index is 1250. The van der Waals surface area contributed by atoms with E-state index in [1.54, 1.807) is 44.2 Å². The largest absolute Gasteiger partial charge is 0.488 e. The first-order valence-corrected chi connectivity index (χ1v) is 12.7. The van der Waals surface area contributed by atoms with Gasteiger partial charge in [0, 0.05) is 21.0 Å². The lowest BCUT2D eigenvalue weighted by Crippen LogP contribution is -2.23. The number of para-hydroxylation sites is 1. The van der Waals surface area contributed by atoms with Gasteiger partial charge in [-0.15, -0.1) is 0 Å². The number of nitrogens with one attached hydrogen (secondary N) is 1. The van der Waals surface area contributed by atoms with Crippen LogP contribution in [-0.4, -0.2) is 36.0 Å². The van der Waals surface area contributed by atoms with Gasteiger partial charge in [0.15, 0.2) is 11.3 Å². The summed E-state index contributed by atoms with van der Waals surface area (Å²) in [6, 6.07) is 10.6. The molecule has 0 aliphatic carbocycles. The molecule has 0 saturated heterocycles. The van der Waals surface area contributed by atoms with Crippen molar-refractivity contribution in [2.45, 2.75) is 59.5 Å². The Kier molecular flexibility index (Phi) is 9.58. The molecular weight excluding hydrogens is 546 g/mol. The van der Waals surface area contributed by atoms with Gasteiger partial charge in [0.1, 0.15) is 12.4 Å². The van der Waals surface area contributed by atoms with Gasteiger partial charge < -0.3 is 28.5 Å². The summed E-state index contributed by atoms with van der Waals surface area (Å²) in [5.41, 5.74) is 1.18. The number of fused-ring (bicyclic) bond motifs is 1. The van der Waals surface area contributed by atoms with Gasteiger partial charge in [-0.1, -0.05) is 34.1 Å². The van der Waals surface area contributed by atoms with Crippen LogP contribution in [0, 0.1) is 0 Å². The number of rotatable bonds is 10. The van der Waals surface area contributed by atoms with Crippen LogP contribution in [0.15, 0.2) is 45.3 Å². The maximum atomic E-state index is 12.1. The van der Waals surface area contributed by atoms with Gasteiger partial charge in [0.25, 0.3) is 0 Å². The van der Waals surface area contributed by atoms with Crippen molar-refractivity contribution in [3.05, 3.63) is 57.8 Å². The van der Waals surface area contributed by atoms with E-state index in [9.17, 15) is 14.7 Å². The molecule has 0 aliphatic rings. The van der Waals surface area contributed by atoms with E-state index in [2.05, 4.69) is 21.2 Å². The highest BCUT2D eigenvalue weighted by Crippen LogP contribution is 2.39. The number of amides is 1. The van der Waals surface area contributed by atoms with Crippen molar-refractivity contribution in [1.29, 1.82) is 0 Å². The van der Waals surface area contributed by atoms with Crippen LogP contribution in [0.1, 0.15) is 57.8 Å². The smallest absolute Gasteiger partial charge is 0.411 e. The number of esters is 1. The predicted octanol–water partition coefficient (Wildman–Crippen LogP) is 6.25. The maximum Gasteiger partial charge on any atom is 0.411 e. The molecule has 10 heteroatoms. The number of ether oxygens (including phenoxy) is 4. The molecule has 0 aliphatic heterocycles. The van der Waals surface area contributed by atoms with Gasteiger partial charge in [0.05, 0.1) is 30.9 Å². The van der Waals surface area contributed by atoms with Crippen molar-refractivity contribution in [3.63, 3.8) is 0 Å². The van der Waals surface area contributed by atoms with Crippen LogP contribution in [-0.2, 0) is 32.0 Å². The number of anilines is 1. The lowest BCUT2D eigenvalue weighted by molar-refractivity contribution is -0.178. The molecule has 1 amide bonds. The van der Waals surface area contributed by atoms with Gasteiger partial charge in [-0.25, -0.2) is 4.79 Å². The summed E-state index contributed by atoms with van der Waals surface area (Å²) in [4.78, 5) is 24.2. The first kappa shape index (κ1) is 28.5. The molecule has 2 aromatic carbocycles. The van der Waals surface area contributed by atoms with E-state index in [1.807, 2.05) is 26.8 Å². The molecule has 0 bridgehead atoms. The number of halogens is 1. The molecule has 1 aromatic heterocycles. The molecule has 0 radical (unpaired) electrons. The van der Waals surface area contributed by atoms with Gasteiger partial charge in [0.2, 0.25) is 6.29 Å². The van der Waals surface area contributed by atoms with Gasteiger partial charge >= 0.3 is 12.1 Å². The number of aliphatic hydroxyl groups excluding tert-OH is 1. The number of aliphatic hydroxyl groups is 1. The number of carbonyl (C=O) groups excluding carboxylic acids is 2. The monoisotopic (exact) mass is 577 g/mol. The van der Waals surface area contributed by atoms with E-state index in [0.717, 1.165) is 0 Å². The van der Waals surface area contributed by atoms with E-state index in [4.69, 9.17) is 23.4 Å². The molecule has 0 saturated carbocycles. The van der Waals surface area contributed by atoms with E-state index < -0.39 is 18.0 Å². The third kappa shape index (κ3) is 7.70. The summed E-state index contributed by atoms with van der Waals surface area (Å²) in [7, 11) is 0. The minimum Gasteiger partial charge on any atom is -0.488 e. The molecule has 0 fully saturated rings. The lowest BCUT2D eigenvalue weighted by atomic mass is 10.1. The molecule has 9 nitrogen and oxygen atoms in total. The fourth-order valence-corrected chi connectivity index (χ4v) is 4.10. The van der Waals surface area contributed by atoms with Crippen molar-refractivity contribution in [1.82, 2.24) is 0 Å². The summed E-state index contributed by atoms with van der Waals surface area (Å²) in [6.45, 7) is 9.36. The van der Waals surface area contributed by atoms with Crippen molar-refractivity contribution < 1.29 is 38.1 Å². The van der Waals surface area contributed by atoms with Crippen LogP contribution in [0.25, 0.3) is 11.0 Å². The maximum absolute atomic E-state index is 12.1. The van der Waals surface area contributed by atoms with Crippen LogP contribution < -0.4 is 10.1 Å². The molecule has 200 valence electrons. The molecule has 0 spiro atoms. The lowest BCUT2D eigenvalue weighted by Gasteiger charge is -2.23. The predicted molar refractivity (Wildman–Crippen MR) is 141 cm³/mol. The van der Waals surface area contributed by atoms with Crippen LogP contribution in [0.3, 0.4) is 0 Å². The Hall–Kier alpha value is -3.08. The van der Waals surface area contributed by atoms with E-state index >= 15 is 0 Å². The van der Waals surface area contributed by atoms with E-state index in [0.29, 0.717) is 38.0 Å². The Labute approximate surface area is 224 Å². The van der Waals surface area contributed by atoms with E-state index in [-0.39, 0.29) is 38.0 Å². The summed E-state index contributed by atoms with van der Waals surface area (Å²) >= 11 is 3.47. The van der Waals surface area contributed by atoms with Gasteiger partial charge in [-0.3, -0.25) is 10.1 Å². The quantitative estimate of drug-likeness (QED) is 0.214. The fourth-order valence-electron chi connectivity index (χ4n) is 3.65. The molecular formula is C27H32BrNO8. The van der Waals surface area contributed by atoms with Crippen LogP contribution >= 0.6 is 15.9 Å². The minimum absolute atomic E-state index is 0.0119. The fraction of sp³-hybridized carbons (Fsp3) is 0.407. The number of hydrogen-bond acceptors (Lipinski definition) is 8. The Balaban J connectivity index is 2.03. The third-order valence-electron chi connectivity index (χ3n) is 5.07. The number of furan rings is 1. The van der Waals surface area contributed by atoms with Crippen LogP contribution in [0.5, 0.6) is 5.75 Å². The molecule has 1 unspecified atom stereocenters. The second-order valence-electron chi connectivity index (χ2n) is 9.08. The van der Waals surface area contributed by atoms with Crippen molar-refractivity contribution in [2.75, 3.05) is 18.5 Å². The van der Waals surface area contributed by atoms with Crippen molar-refractivity contribution >= 4 is 44.6 Å². The average Bonchev–Trinajstić information content (AvgIpc) is 3.16. The zero-order chi connectivity index (χ0) is 27.2. The Morgan fingerprint density at radius 3 is 2.49 bits per heavy atom. The highest BCUT2D eigenvalue weighted by Gasteiger charge is 2.28. The van der Waals surface area contributed by atoms with Crippen molar-refractivity contribution in [3.8, 4) is 5.75 Å². The first-order chi connectivity index (χ1) is 17.5. The highest BCUT2D eigenvalue weighted by molar-refractivity contribution is 9.10. The standard InChI is InChI=1S/C27H32BrNO8/c1-6-33-22(30)12-16-10-8-9-11-21(16)35-15-19-18-13-17(28)14-20(29-26(32)34-7-2)23(18)36-24(19)25(31)37-27(3,4)5/h8-11,13-14,25,31H,6-7,12,15H2,1-5H3,(H,29,32). The second-order valence-corrected chi connectivity index (χ2v) is 10.00. The van der Waals surface area contributed by atoms with E-state index in [1.165, 1.54) is 0 Å². The number of hydrogen-bond donors (Lipinski definition) is 2.